The Morgan fingerprint density at radius 1 is 1.12 bits per heavy atom. The standard InChI is InChI=1S/C22H34N2O2/c1-3-11-21(25)24(17-16-18-12-7-5-8-13-18)20(4-2)22(26)23-19-14-9-6-10-15-19/h5,7-8,12-13,19-20H,3-4,6,9-11,14-17H2,1-2H3,(H,23,26). The lowest BCUT2D eigenvalue weighted by Crippen LogP contribution is -2.52. The summed E-state index contributed by atoms with van der Waals surface area (Å²) < 4.78 is 0. The molecule has 1 unspecified atom stereocenters. The largest absolute Gasteiger partial charge is 0.352 e. The van der Waals surface area contributed by atoms with Gasteiger partial charge in [-0.1, -0.05) is 63.4 Å². The second kappa shape index (κ2) is 11.0. The molecule has 1 aliphatic carbocycles. The molecular formula is C22H34N2O2. The number of carbonyl (C=O) groups excluding carboxylic acids is 2. The third-order valence-corrected chi connectivity index (χ3v) is 5.29. The molecule has 0 bridgehead atoms. The summed E-state index contributed by atoms with van der Waals surface area (Å²) in [6.07, 6.45) is 8.52. The fourth-order valence-corrected chi connectivity index (χ4v) is 3.80. The number of hydrogen-bond acceptors (Lipinski definition) is 2. The van der Waals surface area contributed by atoms with Crippen LogP contribution < -0.4 is 5.32 Å². The topological polar surface area (TPSA) is 49.4 Å². The molecule has 1 aromatic rings. The quantitative estimate of drug-likeness (QED) is 0.723. The van der Waals surface area contributed by atoms with Gasteiger partial charge in [0.05, 0.1) is 0 Å². The van der Waals surface area contributed by atoms with Crippen molar-refractivity contribution >= 4 is 11.8 Å². The number of carbonyl (C=O) groups is 2. The molecule has 1 fully saturated rings. The predicted octanol–water partition coefficient (Wildman–Crippen LogP) is 4.09. The van der Waals surface area contributed by atoms with Crippen LogP contribution in [0.5, 0.6) is 0 Å². The molecule has 0 heterocycles. The van der Waals surface area contributed by atoms with Crippen LogP contribution in [0, 0.1) is 0 Å². The van der Waals surface area contributed by atoms with Crippen molar-refractivity contribution in [1.82, 2.24) is 10.2 Å². The number of benzene rings is 1. The van der Waals surface area contributed by atoms with Gasteiger partial charge in [0.2, 0.25) is 11.8 Å². The summed E-state index contributed by atoms with van der Waals surface area (Å²) in [6.45, 7) is 4.61. The third-order valence-electron chi connectivity index (χ3n) is 5.29. The predicted molar refractivity (Wildman–Crippen MR) is 106 cm³/mol. The van der Waals surface area contributed by atoms with Gasteiger partial charge in [-0.3, -0.25) is 9.59 Å². The summed E-state index contributed by atoms with van der Waals surface area (Å²) in [7, 11) is 0. The molecule has 26 heavy (non-hydrogen) atoms. The van der Waals surface area contributed by atoms with Gasteiger partial charge in [0.25, 0.3) is 0 Å². The van der Waals surface area contributed by atoms with Crippen molar-refractivity contribution in [2.45, 2.75) is 83.7 Å². The van der Waals surface area contributed by atoms with Gasteiger partial charge in [-0.2, -0.15) is 0 Å². The molecule has 1 saturated carbocycles. The molecule has 1 N–H and O–H groups in total. The molecule has 0 radical (unpaired) electrons. The van der Waals surface area contributed by atoms with Gasteiger partial charge < -0.3 is 10.2 Å². The van der Waals surface area contributed by atoms with Crippen molar-refractivity contribution in [3.05, 3.63) is 35.9 Å². The molecule has 2 amide bonds. The summed E-state index contributed by atoms with van der Waals surface area (Å²) in [5, 5.41) is 3.21. The lowest BCUT2D eigenvalue weighted by atomic mass is 9.95. The summed E-state index contributed by atoms with van der Waals surface area (Å²) in [4.78, 5) is 27.4. The minimum absolute atomic E-state index is 0.0249. The number of amides is 2. The Morgan fingerprint density at radius 3 is 2.42 bits per heavy atom. The normalized spacial score (nSPS) is 16.1. The molecule has 144 valence electrons. The fourth-order valence-electron chi connectivity index (χ4n) is 3.80. The first-order valence-corrected chi connectivity index (χ1v) is 10.3. The lowest BCUT2D eigenvalue weighted by Gasteiger charge is -2.32. The maximum absolute atomic E-state index is 12.9. The van der Waals surface area contributed by atoms with Crippen LogP contribution in [0.15, 0.2) is 30.3 Å². The maximum atomic E-state index is 12.9. The summed E-state index contributed by atoms with van der Waals surface area (Å²) in [5.41, 5.74) is 1.20. The number of nitrogens with one attached hydrogen (secondary N) is 1. The molecule has 0 saturated heterocycles. The minimum atomic E-state index is -0.361. The third kappa shape index (κ3) is 6.15. The van der Waals surface area contributed by atoms with Crippen molar-refractivity contribution in [2.24, 2.45) is 0 Å². The van der Waals surface area contributed by atoms with Gasteiger partial charge in [-0.15, -0.1) is 0 Å². The Hall–Kier alpha value is -1.84. The zero-order valence-electron chi connectivity index (χ0n) is 16.4. The molecule has 4 nitrogen and oxygen atoms in total. The van der Waals surface area contributed by atoms with E-state index in [-0.39, 0.29) is 23.9 Å². The molecule has 1 aliphatic rings. The molecule has 0 aliphatic heterocycles. The lowest BCUT2D eigenvalue weighted by molar-refractivity contribution is -0.141. The van der Waals surface area contributed by atoms with Gasteiger partial charge in [0.15, 0.2) is 0 Å². The average molecular weight is 359 g/mol. The molecule has 2 rings (SSSR count). The van der Waals surface area contributed by atoms with Crippen LogP contribution in [-0.2, 0) is 16.0 Å². The Kier molecular flexibility index (Phi) is 8.66. The van der Waals surface area contributed by atoms with Crippen LogP contribution in [0.2, 0.25) is 0 Å². The van der Waals surface area contributed by atoms with Crippen molar-refractivity contribution in [1.29, 1.82) is 0 Å². The highest BCUT2D eigenvalue weighted by atomic mass is 16.2. The number of hydrogen-bond donors (Lipinski definition) is 1. The van der Waals surface area contributed by atoms with Crippen LogP contribution in [0.4, 0.5) is 0 Å². The first-order chi connectivity index (χ1) is 12.7. The summed E-state index contributed by atoms with van der Waals surface area (Å²) in [6, 6.07) is 10.1. The highest BCUT2D eigenvalue weighted by Gasteiger charge is 2.29. The number of rotatable bonds is 9. The van der Waals surface area contributed by atoms with E-state index in [9.17, 15) is 9.59 Å². The Morgan fingerprint density at radius 2 is 1.81 bits per heavy atom. The van der Waals surface area contributed by atoms with Gasteiger partial charge in [0, 0.05) is 19.0 Å². The van der Waals surface area contributed by atoms with E-state index in [4.69, 9.17) is 0 Å². The Bertz CT molecular complexity index is 553. The van der Waals surface area contributed by atoms with Gasteiger partial charge in [-0.05, 0) is 37.7 Å². The van der Waals surface area contributed by atoms with Gasteiger partial charge in [0.1, 0.15) is 6.04 Å². The van der Waals surface area contributed by atoms with E-state index in [0.29, 0.717) is 19.4 Å². The van der Waals surface area contributed by atoms with Crippen molar-refractivity contribution < 1.29 is 9.59 Å². The second-order valence-electron chi connectivity index (χ2n) is 7.34. The van der Waals surface area contributed by atoms with Crippen molar-refractivity contribution in [3.63, 3.8) is 0 Å². The smallest absolute Gasteiger partial charge is 0.243 e. The minimum Gasteiger partial charge on any atom is -0.352 e. The van der Waals surface area contributed by atoms with E-state index in [2.05, 4.69) is 17.4 Å². The summed E-state index contributed by atoms with van der Waals surface area (Å²) >= 11 is 0. The molecular weight excluding hydrogens is 324 g/mol. The zero-order valence-corrected chi connectivity index (χ0v) is 16.4. The number of nitrogens with zero attached hydrogens (tertiary/aromatic N) is 1. The molecule has 1 atom stereocenters. The highest BCUT2D eigenvalue weighted by molar-refractivity contribution is 5.87. The fraction of sp³-hybridized carbons (Fsp3) is 0.636. The zero-order chi connectivity index (χ0) is 18.8. The molecule has 4 heteroatoms. The molecule has 1 aromatic carbocycles. The van der Waals surface area contributed by atoms with E-state index in [0.717, 1.165) is 25.7 Å². The monoisotopic (exact) mass is 358 g/mol. The highest BCUT2D eigenvalue weighted by Crippen LogP contribution is 2.18. The van der Waals surface area contributed by atoms with Gasteiger partial charge in [-0.25, -0.2) is 0 Å². The second-order valence-corrected chi connectivity index (χ2v) is 7.34. The Labute approximate surface area is 158 Å². The maximum Gasteiger partial charge on any atom is 0.243 e. The van der Waals surface area contributed by atoms with Crippen LogP contribution in [-0.4, -0.2) is 35.3 Å². The van der Waals surface area contributed by atoms with Crippen LogP contribution in [0.1, 0.15) is 70.8 Å². The van der Waals surface area contributed by atoms with E-state index in [1.807, 2.05) is 36.9 Å². The van der Waals surface area contributed by atoms with Crippen molar-refractivity contribution in [2.75, 3.05) is 6.54 Å². The first kappa shape index (κ1) is 20.5. The van der Waals surface area contributed by atoms with E-state index in [1.54, 1.807) is 0 Å². The summed E-state index contributed by atoms with van der Waals surface area (Å²) in [5.74, 6) is 0.117. The van der Waals surface area contributed by atoms with Crippen LogP contribution >= 0.6 is 0 Å². The van der Waals surface area contributed by atoms with Crippen molar-refractivity contribution in [3.8, 4) is 0 Å². The van der Waals surface area contributed by atoms with Crippen LogP contribution in [0.3, 0.4) is 0 Å². The average Bonchev–Trinajstić information content (AvgIpc) is 2.66. The van der Waals surface area contributed by atoms with E-state index in [1.165, 1.54) is 24.8 Å². The van der Waals surface area contributed by atoms with Gasteiger partial charge >= 0.3 is 0 Å². The van der Waals surface area contributed by atoms with E-state index >= 15 is 0 Å². The SMILES string of the molecule is CCCC(=O)N(CCc1ccccc1)C(CC)C(=O)NC1CCCCC1. The van der Waals surface area contributed by atoms with E-state index < -0.39 is 0 Å². The molecule has 0 spiro atoms. The molecule has 0 aromatic heterocycles. The first-order valence-electron chi connectivity index (χ1n) is 10.3. The Balaban J connectivity index is 2.03. The van der Waals surface area contributed by atoms with Crippen LogP contribution in [0.25, 0.3) is 0 Å².